The maximum Gasteiger partial charge on any atom is 0.407 e. The lowest BCUT2D eigenvalue weighted by atomic mass is 9.98. The highest BCUT2D eigenvalue weighted by Crippen LogP contribution is 2.55. The molecule has 0 spiro atoms. The van der Waals surface area contributed by atoms with Gasteiger partial charge in [0.05, 0.1) is 12.5 Å². The van der Waals surface area contributed by atoms with Crippen molar-refractivity contribution in [3.05, 3.63) is 59.7 Å². The van der Waals surface area contributed by atoms with E-state index in [9.17, 15) is 23.2 Å². The standard InChI is InChI=1S/C23H22F2N2O6/c24-23(25)17(19(23)20(29)26-10-18(28)21(30)31)9-27-22(32)33-11-16-14-7-3-1-5-12(14)13-6-2-4-8-15(13)16/h1-8,16-19,28H,9-11H2,(H,26,29)(H,27,32)(H,30,31). The fourth-order valence-electron chi connectivity index (χ4n) is 4.24. The number of aliphatic hydroxyl groups is 1. The van der Waals surface area contributed by atoms with Crippen LogP contribution in [0.1, 0.15) is 17.0 Å². The smallest absolute Gasteiger partial charge is 0.407 e. The number of aliphatic hydroxyl groups excluding tert-OH is 1. The lowest BCUT2D eigenvalue weighted by Crippen LogP contribution is -2.38. The summed E-state index contributed by atoms with van der Waals surface area (Å²) in [6.07, 6.45) is -2.77. The average molecular weight is 460 g/mol. The van der Waals surface area contributed by atoms with Gasteiger partial charge in [0.25, 0.3) is 5.92 Å². The van der Waals surface area contributed by atoms with Crippen LogP contribution < -0.4 is 10.6 Å². The van der Waals surface area contributed by atoms with Crippen molar-refractivity contribution in [1.29, 1.82) is 0 Å². The van der Waals surface area contributed by atoms with Gasteiger partial charge in [-0.1, -0.05) is 48.5 Å². The van der Waals surface area contributed by atoms with Gasteiger partial charge in [-0.3, -0.25) is 4.79 Å². The number of nitrogens with one attached hydrogen (secondary N) is 2. The number of fused-ring (bicyclic) bond motifs is 3. The fraction of sp³-hybridized carbons (Fsp3) is 0.348. The van der Waals surface area contributed by atoms with Gasteiger partial charge < -0.3 is 25.6 Å². The maximum atomic E-state index is 14.0. The molecule has 0 bridgehead atoms. The highest BCUT2D eigenvalue weighted by molar-refractivity contribution is 5.84. The number of rotatable bonds is 8. The molecule has 3 atom stereocenters. The first kappa shape index (κ1) is 22.7. The third-order valence-electron chi connectivity index (χ3n) is 6.05. The van der Waals surface area contributed by atoms with Crippen LogP contribution in [0.2, 0.25) is 0 Å². The Morgan fingerprint density at radius 2 is 1.58 bits per heavy atom. The number of alkyl halides is 2. The van der Waals surface area contributed by atoms with E-state index >= 15 is 0 Å². The van der Waals surface area contributed by atoms with E-state index in [1.807, 2.05) is 53.8 Å². The van der Waals surface area contributed by atoms with Crippen molar-refractivity contribution >= 4 is 18.0 Å². The van der Waals surface area contributed by atoms with Crippen molar-refractivity contribution in [2.75, 3.05) is 19.7 Å². The predicted molar refractivity (Wildman–Crippen MR) is 112 cm³/mol. The molecule has 2 aromatic rings. The SMILES string of the molecule is O=C(NCC1C(C(=O)NCC(O)C(=O)O)C1(F)F)OCC1c2ccccc2-c2ccccc21. The number of alkyl carbamates (subject to hydrolysis) is 1. The van der Waals surface area contributed by atoms with Crippen LogP contribution in [0.25, 0.3) is 11.1 Å². The molecule has 33 heavy (non-hydrogen) atoms. The van der Waals surface area contributed by atoms with E-state index in [0.717, 1.165) is 22.3 Å². The molecule has 8 nitrogen and oxygen atoms in total. The van der Waals surface area contributed by atoms with Crippen molar-refractivity contribution in [3.63, 3.8) is 0 Å². The third-order valence-corrected chi connectivity index (χ3v) is 6.05. The molecule has 4 rings (SSSR count). The van der Waals surface area contributed by atoms with Gasteiger partial charge in [0.15, 0.2) is 6.10 Å². The fourth-order valence-corrected chi connectivity index (χ4v) is 4.24. The number of carbonyl (C=O) groups excluding carboxylic acids is 2. The minimum Gasteiger partial charge on any atom is -0.479 e. The van der Waals surface area contributed by atoms with Crippen molar-refractivity contribution in [2.45, 2.75) is 17.9 Å². The maximum absolute atomic E-state index is 14.0. The second-order valence-electron chi connectivity index (χ2n) is 8.06. The Hall–Kier alpha value is -3.53. The number of amides is 2. The van der Waals surface area contributed by atoms with Gasteiger partial charge in [0.2, 0.25) is 5.91 Å². The summed E-state index contributed by atoms with van der Waals surface area (Å²) in [5, 5.41) is 22.0. The van der Waals surface area contributed by atoms with Gasteiger partial charge in [-0.25, -0.2) is 18.4 Å². The summed E-state index contributed by atoms with van der Waals surface area (Å²) < 4.78 is 33.2. The number of halogens is 2. The molecular weight excluding hydrogens is 438 g/mol. The molecule has 1 saturated carbocycles. The van der Waals surface area contributed by atoms with Crippen LogP contribution in [0.4, 0.5) is 13.6 Å². The summed E-state index contributed by atoms with van der Waals surface area (Å²) in [4.78, 5) is 34.6. The van der Waals surface area contributed by atoms with E-state index < -0.39 is 54.9 Å². The van der Waals surface area contributed by atoms with E-state index in [1.165, 1.54) is 0 Å². The number of hydrogen-bond donors (Lipinski definition) is 4. The molecule has 10 heteroatoms. The summed E-state index contributed by atoms with van der Waals surface area (Å²) in [7, 11) is 0. The highest BCUT2D eigenvalue weighted by Gasteiger charge is 2.71. The summed E-state index contributed by atoms with van der Waals surface area (Å²) in [6.45, 7) is -1.14. The second kappa shape index (κ2) is 8.78. The Morgan fingerprint density at radius 1 is 1.00 bits per heavy atom. The summed E-state index contributed by atoms with van der Waals surface area (Å²) >= 11 is 0. The normalized spacial score (nSPS) is 20.8. The second-order valence-corrected chi connectivity index (χ2v) is 8.06. The largest absolute Gasteiger partial charge is 0.479 e. The molecule has 2 amide bonds. The van der Waals surface area contributed by atoms with Crippen LogP contribution in [-0.4, -0.2) is 59.9 Å². The number of carbonyl (C=O) groups is 3. The van der Waals surface area contributed by atoms with E-state index in [-0.39, 0.29) is 12.5 Å². The molecule has 0 aliphatic heterocycles. The quantitative estimate of drug-likeness (QED) is 0.478. The summed E-state index contributed by atoms with van der Waals surface area (Å²) in [6, 6.07) is 15.5. The minimum absolute atomic E-state index is 0.0257. The van der Waals surface area contributed by atoms with E-state index in [1.54, 1.807) is 0 Å². The Balaban J connectivity index is 1.29. The lowest BCUT2D eigenvalue weighted by molar-refractivity contribution is -0.146. The Bertz CT molecular complexity index is 1050. The van der Waals surface area contributed by atoms with Crippen LogP contribution in [-0.2, 0) is 14.3 Å². The molecule has 1 fully saturated rings. The number of hydrogen-bond acceptors (Lipinski definition) is 5. The average Bonchev–Trinajstić information content (AvgIpc) is 3.20. The first-order valence-corrected chi connectivity index (χ1v) is 10.4. The van der Waals surface area contributed by atoms with Crippen LogP contribution in [0, 0.1) is 11.8 Å². The molecule has 2 aliphatic rings. The third kappa shape index (κ3) is 4.38. The summed E-state index contributed by atoms with van der Waals surface area (Å²) in [5.74, 6) is -9.35. The number of ether oxygens (including phenoxy) is 1. The van der Waals surface area contributed by atoms with Crippen LogP contribution in [0.15, 0.2) is 48.5 Å². The number of carboxylic acids is 1. The molecule has 0 radical (unpaired) electrons. The minimum atomic E-state index is -3.35. The molecule has 0 heterocycles. The van der Waals surface area contributed by atoms with E-state index in [0.29, 0.717) is 0 Å². The van der Waals surface area contributed by atoms with E-state index in [4.69, 9.17) is 14.9 Å². The van der Waals surface area contributed by atoms with E-state index in [2.05, 4.69) is 5.32 Å². The van der Waals surface area contributed by atoms with Gasteiger partial charge in [0, 0.05) is 12.5 Å². The van der Waals surface area contributed by atoms with Gasteiger partial charge >= 0.3 is 12.1 Å². The Kier molecular flexibility index (Phi) is 6.03. The zero-order valence-corrected chi connectivity index (χ0v) is 17.3. The van der Waals surface area contributed by atoms with Crippen molar-refractivity contribution in [3.8, 4) is 11.1 Å². The van der Waals surface area contributed by atoms with Crippen LogP contribution in [0.5, 0.6) is 0 Å². The monoisotopic (exact) mass is 460 g/mol. The predicted octanol–water partition coefficient (Wildman–Crippen LogP) is 1.97. The molecule has 174 valence electrons. The molecule has 2 aromatic carbocycles. The van der Waals surface area contributed by atoms with Crippen LogP contribution >= 0.6 is 0 Å². The zero-order chi connectivity index (χ0) is 23.8. The number of aliphatic carboxylic acids is 1. The lowest BCUT2D eigenvalue weighted by Gasteiger charge is -2.14. The zero-order valence-electron chi connectivity index (χ0n) is 17.3. The molecule has 3 unspecified atom stereocenters. The summed E-state index contributed by atoms with van der Waals surface area (Å²) in [5.41, 5.74) is 4.14. The first-order valence-electron chi connectivity index (χ1n) is 10.4. The molecule has 0 aromatic heterocycles. The topological polar surface area (TPSA) is 125 Å². The van der Waals surface area contributed by atoms with Gasteiger partial charge in [-0.2, -0.15) is 0 Å². The first-order chi connectivity index (χ1) is 15.7. The number of benzene rings is 2. The number of carboxylic acid groups (broad SMARTS) is 1. The molecule has 0 saturated heterocycles. The van der Waals surface area contributed by atoms with Crippen molar-refractivity contribution < 1.29 is 38.1 Å². The van der Waals surface area contributed by atoms with Gasteiger partial charge in [-0.15, -0.1) is 0 Å². The molecular formula is C23H22F2N2O6. The Morgan fingerprint density at radius 3 is 2.15 bits per heavy atom. The van der Waals surface area contributed by atoms with Gasteiger partial charge in [0.1, 0.15) is 12.5 Å². The van der Waals surface area contributed by atoms with Crippen molar-refractivity contribution in [1.82, 2.24) is 10.6 Å². The molecule has 4 N–H and O–H groups in total. The Labute approximate surface area is 187 Å². The molecule has 2 aliphatic carbocycles. The van der Waals surface area contributed by atoms with Crippen LogP contribution in [0.3, 0.4) is 0 Å². The highest BCUT2D eigenvalue weighted by atomic mass is 19.3. The van der Waals surface area contributed by atoms with Crippen molar-refractivity contribution in [2.24, 2.45) is 11.8 Å². The van der Waals surface area contributed by atoms with Gasteiger partial charge in [-0.05, 0) is 22.3 Å².